The number of nitrogens with one attached hydrogen (secondary N) is 1. The van der Waals surface area contributed by atoms with Crippen LogP contribution in [0.2, 0.25) is 0 Å². The minimum atomic E-state index is -1.42. The van der Waals surface area contributed by atoms with Gasteiger partial charge in [-0.15, -0.1) is 0 Å². The van der Waals surface area contributed by atoms with Crippen LogP contribution in [0.3, 0.4) is 0 Å². The van der Waals surface area contributed by atoms with E-state index in [9.17, 15) is 9.59 Å². The molecular formula is C10H13NO4S. The normalized spacial score (nSPS) is 12.1. The van der Waals surface area contributed by atoms with Gasteiger partial charge in [0, 0.05) is 13.0 Å². The lowest BCUT2D eigenvalue weighted by Gasteiger charge is -2.06. The molecule has 1 aromatic heterocycles. The molecule has 0 aliphatic rings. The molecule has 0 bridgehead atoms. The van der Waals surface area contributed by atoms with Gasteiger partial charge >= 0.3 is 5.97 Å². The number of hydrogen-bond acceptors (Lipinski definition) is 4. The van der Waals surface area contributed by atoms with Gasteiger partial charge in [-0.25, -0.2) is 4.79 Å². The fraction of sp³-hybridized carbons (Fsp3) is 0.400. The SMILES string of the molecule is O=C(Cc1ccsc1)NCCC(O)C(=O)O. The zero-order valence-corrected chi connectivity index (χ0v) is 9.37. The van der Waals surface area contributed by atoms with Crippen molar-refractivity contribution in [2.75, 3.05) is 6.54 Å². The molecule has 1 amide bonds. The number of thiophene rings is 1. The lowest BCUT2D eigenvalue weighted by Crippen LogP contribution is -2.30. The molecule has 0 saturated heterocycles. The summed E-state index contributed by atoms with van der Waals surface area (Å²) in [5, 5.41) is 23.7. The third kappa shape index (κ3) is 4.41. The fourth-order valence-corrected chi connectivity index (χ4v) is 1.78. The largest absolute Gasteiger partial charge is 0.479 e. The number of carbonyl (C=O) groups excluding carboxylic acids is 1. The number of amides is 1. The number of aliphatic hydroxyl groups excluding tert-OH is 1. The predicted molar refractivity (Wildman–Crippen MR) is 59.3 cm³/mol. The van der Waals surface area contributed by atoms with Gasteiger partial charge in [-0.3, -0.25) is 4.79 Å². The maximum atomic E-state index is 11.3. The van der Waals surface area contributed by atoms with Gasteiger partial charge in [-0.2, -0.15) is 11.3 Å². The molecule has 1 heterocycles. The topological polar surface area (TPSA) is 86.6 Å². The van der Waals surface area contributed by atoms with Crippen molar-refractivity contribution >= 4 is 23.2 Å². The molecule has 0 aliphatic heterocycles. The average molecular weight is 243 g/mol. The van der Waals surface area contributed by atoms with Gasteiger partial charge in [0.05, 0.1) is 6.42 Å². The van der Waals surface area contributed by atoms with E-state index in [0.717, 1.165) is 5.56 Å². The standard InChI is InChI=1S/C10H13NO4S/c12-8(10(14)15)1-3-11-9(13)5-7-2-4-16-6-7/h2,4,6,8,12H,1,3,5H2,(H,11,13)(H,14,15). The zero-order valence-electron chi connectivity index (χ0n) is 8.55. The third-order valence-corrected chi connectivity index (χ3v) is 2.70. The zero-order chi connectivity index (χ0) is 12.0. The van der Waals surface area contributed by atoms with Gasteiger partial charge in [-0.05, 0) is 22.4 Å². The van der Waals surface area contributed by atoms with Crippen molar-refractivity contribution in [2.45, 2.75) is 18.9 Å². The van der Waals surface area contributed by atoms with E-state index in [1.54, 1.807) is 0 Å². The van der Waals surface area contributed by atoms with E-state index < -0.39 is 12.1 Å². The third-order valence-electron chi connectivity index (χ3n) is 1.97. The number of carbonyl (C=O) groups is 2. The van der Waals surface area contributed by atoms with Crippen LogP contribution in [-0.4, -0.2) is 34.7 Å². The lowest BCUT2D eigenvalue weighted by atomic mass is 10.2. The van der Waals surface area contributed by atoms with Gasteiger partial charge in [0.25, 0.3) is 0 Å². The van der Waals surface area contributed by atoms with E-state index in [1.807, 2.05) is 16.8 Å². The van der Waals surface area contributed by atoms with Crippen molar-refractivity contribution in [2.24, 2.45) is 0 Å². The van der Waals surface area contributed by atoms with Crippen LogP contribution >= 0.6 is 11.3 Å². The number of aliphatic hydroxyl groups is 1. The summed E-state index contributed by atoms with van der Waals surface area (Å²) in [5.41, 5.74) is 0.932. The second kappa shape index (κ2) is 6.24. The van der Waals surface area contributed by atoms with Crippen LogP contribution in [0.4, 0.5) is 0 Å². The van der Waals surface area contributed by atoms with Crippen molar-refractivity contribution in [3.8, 4) is 0 Å². The highest BCUT2D eigenvalue weighted by Crippen LogP contribution is 2.06. The van der Waals surface area contributed by atoms with Gasteiger partial charge < -0.3 is 15.5 Å². The number of rotatable bonds is 6. The number of hydrogen-bond donors (Lipinski definition) is 3. The Morgan fingerprint density at radius 2 is 2.25 bits per heavy atom. The van der Waals surface area contributed by atoms with Crippen molar-refractivity contribution in [1.82, 2.24) is 5.32 Å². The van der Waals surface area contributed by atoms with Crippen LogP contribution < -0.4 is 5.32 Å². The van der Waals surface area contributed by atoms with Crippen molar-refractivity contribution < 1.29 is 19.8 Å². The first-order chi connectivity index (χ1) is 7.59. The Balaban J connectivity index is 2.18. The van der Waals surface area contributed by atoms with Gasteiger partial charge in [0.2, 0.25) is 5.91 Å². The Kier molecular flexibility index (Phi) is 4.94. The monoisotopic (exact) mass is 243 g/mol. The molecule has 3 N–H and O–H groups in total. The van der Waals surface area contributed by atoms with E-state index in [-0.39, 0.29) is 25.3 Å². The molecule has 1 unspecified atom stereocenters. The summed E-state index contributed by atoms with van der Waals surface area (Å²) in [4.78, 5) is 21.6. The minimum Gasteiger partial charge on any atom is -0.479 e. The van der Waals surface area contributed by atoms with Crippen LogP contribution in [0.25, 0.3) is 0 Å². The summed E-state index contributed by atoms with van der Waals surface area (Å²) in [6, 6.07) is 1.86. The van der Waals surface area contributed by atoms with Crippen LogP contribution in [0.1, 0.15) is 12.0 Å². The molecule has 0 radical (unpaired) electrons. The second-order valence-electron chi connectivity index (χ2n) is 3.30. The maximum absolute atomic E-state index is 11.3. The molecule has 16 heavy (non-hydrogen) atoms. The molecule has 1 aromatic rings. The Labute approximate surface area is 96.7 Å². The smallest absolute Gasteiger partial charge is 0.332 e. The Hall–Kier alpha value is -1.40. The highest BCUT2D eigenvalue weighted by Gasteiger charge is 2.12. The number of aliphatic carboxylic acids is 1. The van der Waals surface area contributed by atoms with Crippen LogP contribution in [0.15, 0.2) is 16.8 Å². The quantitative estimate of drug-likeness (QED) is 0.668. The minimum absolute atomic E-state index is 0.0186. The molecule has 6 heteroatoms. The van der Waals surface area contributed by atoms with E-state index >= 15 is 0 Å². The predicted octanol–water partition coefficient (Wildman–Crippen LogP) is 0.242. The fourth-order valence-electron chi connectivity index (χ4n) is 1.11. The molecule has 0 saturated carbocycles. The van der Waals surface area contributed by atoms with Gasteiger partial charge in [0.15, 0.2) is 6.10 Å². The first-order valence-electron chi connectivity index (χ1n) is 4.78. The number of carboxylic acids is 1. The van der Waals surface area contributed by atoms with E-state index in [0.29, 0.717) is 0 Å². The molecule has 88 valence electrons. The maximum Gasteiger partial charge on any atom is 0.332 e. The Morgan fingerprint density at radius 1 is 1.50 bits per heavy atom. The molecule has 1 rings (SSSR count). The Bertz CT molecular complexity index is 350. The number of carboxylic acid groups (broad SMARTS) is 1. The molecule has 5 nitrogen and oxygen atoms in total. The lowest BCUT2D eigenvalue weighted by molar-refractivity contribution is -0.147. The van der Waals surface area contributed by atoms with Crippen LogP contribution in [-0.2, 0) is 16.0 Å². The molecule has 0 fully saturated rings. The Morgan fingerprint density at radius 3 is 2.81 bits per heavy atom. The first kappa shape index (κ1) is 12.7. The van der Waals surface area contributed by atoms with Crippen LogP contribution in [0, 0.1) is 0 Å². The summed E-state index contributed by atoms with van der Waals surface area (Å²) in [6.07, 6.45) is -1.11. The summed E-state index contributed by atoms with van der Waals surface area (Å²) in [7, 11) is 0. The molecule has 0 spiro atoms. The molecule has 0 aromatic carbocycles. The molecule has 0 aliphatic carbocycles. The first-order valence-corrected chi connectivity index (χ1v) is 5.72. The second-order valence-corrected chi connectivity index (χ2v) is 4.08. The van der Waals surface area contributed by atoms with Crippen molar-refractivity contribution in [3.63, 3.8) is 0 Å². The highest BCUT2D eigenvalue weighted by atomic mass is 32.1. The van der Waals surface area contributed by atoms with E-state index in [1.165, 1.54) is 11.3 Å². The van der Waals surface area contributed by atoms with Crippen molar-refractivity contribution in [1.29, 1.82) is 0 Å². The van der Waals surface area contributed by atoms with E-state index in [4.69, 9.17) is 10.2 Å². The highest BCUT2D eigenvalue weighted by molar-refractivity contribution is 7.07. The van der Waals surface area contributed by atoms with Gasteiger partial charge in [0.1, 0.15) is 0 Å². The summed E-state index contributed by atoms with van der Waals surface area (Å²) in [6.45, 7) is 0.163. The van der Waals surface area contributed by atoms with E-state index in [2.05, 4.69) is 5.32 Å². The summed E-state index contributed by atoms with van der Waals surface area (Å²) >= 11 is 1.52. The summed E-state index contributed by atoms with van der Waals surface area (Å²) in [5.74, 6) is -1.44. The molecular weight excluding hydrogens is 230 g/mol. The van der Waals surface area contributed by atoms with Crippen molar-refractivity contribution in [3.05, 3.63) is 22.4 Å². The summed E-state index contributed by atoms with van der Waals surface area (Å²) < 4.78 is 0. The average Bonchev–Trinajstić information content (AvgIpc) is 2.70. The van der Waals surface area contributed by atoms with Crippen LogP contribution in [0.5, 0.6) is 0 Å². The van der Waals surface area contributed by atoms with Gasteiger partial charge in [-0.1, -0.05) is 0 Å². The molecule has 1 atom stereocenters.